The van der Waals surface area contributed by atoms with E-state index >= 15 is 0 Å². The average molecular weight is 613 g/mol. The molecule has 0 radical (unpaired) electrons. The summed E-state index contributed by atoms with van der Waals surface area (Å²) in [7, 11) is 0. The summed E-state index contributed by atoms with van der Waals surface area (Å²) in [6.45, 7) is 0. The van der Waals surface area contributed by atoms with E-state index < -0.39 is 0 Å². The van der Waals surface area contributed by atoms with Gasteiger partial charge in [0.1, 0.15) is 5.82 Å². The molecule has 0 atom stereocenters. The van der Waals surface area contributed by atoms with Crippen molar-refractivity contribution in [3.05, 3.63) is 170 Å². The molecule has 0 spiro atoms. The van der Waals surface area contributed by atoms with Crippen molar-refractivity contribution in [3.63, 3.8) is 0 Å². The second-order valence-electron chi connectivity index (χ2n) is 12.2. The fraction of sp³-hybridized carbons (Fsp3) is 0. The predicted octanol–water partition coefficient (Wildman–Crippen LogP) is 11.2. The van der Waals surface area contributed by atoms with Gasteiger partial charge in [-0.15, -0.1) is 0 Å². The number of fused-ring (bicyclic) bond motifs is 10. The summed E-state index contributed by atoms with van der Waals surface area (Å²) in [5.41, 5.74) is 10.9. The molecule has 10 rings (SSSR count). The van der Waals surface area contributed by atoms with Crippen molar-refractivity contribution in [1.82, 2.24) is 19.1 Å². The molecule has 0 saturated heterocycles. The highest BCUT2D eigenvalue weighted by Gasteiger charge is 2.25. The number of nitrogens with zero attached hydrogens (tertiary/aromatic N) is 4. The molecule has 0 unspecified atom stereocenters. The number of para-hydroxylation sites is 3. The molecule has 0 aliphatic carbocycles. The third kappa shape index (κ3) is 3.90. The van der Waals surface area contributed by atoms with E-state index in [9.17, 15) is 0 Å². The molecule has 0 bridgehead atoms. The van der Waals surface area contributed by atoms with Crippen LogP contribution in [0.1, 0.15) is 0 Å². The van der Waals surface area contributed by atoms with Crippen molar-refractivity contribution in [2.45, 2.75) is 0 Å². The summed E-state index contributed by atoms with van der Waals surface area (Å²) >= 11 is 0. The molecule has 0 N–H and O–H groups in total. The number of aromatic nitrogens is 4. The first-order chi connectivity index (χ1) is 23.8. The van der Waals surface area contributed by atoms with Crippen molar-refractivity contribution >= 4 is 54.5 Å². The number of pyridine rings is 2. The highest BCUT2D eigenvalue weighted by Crippen LogP contribution is 2.46. The molecule has 4 heterocycles. The first-order valence-electron chi connectivity index (χ1n) is 16.3. The monoisotopic (exact) mass is 612 g/mol. The van der Waals surface area contributed by atoms with E-state index in [1.165, 1.54) is 21.5 Å². The van der Waals surface area contributed by atoms with Gasteiger partial charge in [0.25, 0.3) is 0 Å². The quantitative estimate of drug-likeness (QED) is 0.198. The second kappa shape index (κ2) is 10.5. The molecule has 0 aliphatic heterocycles. The smallest absolute Gasteiger partial charge is 0.138 e. The average Bonchev–Trinajstić information content (AvgIpc) is 3.70. The molecule has 0 saturated carbocycles. The molecule has 0 fully saturated rings. The van der Waals surface area contributed by atoms with Crippen LogP contribution >= 0.6 is 0 Å². The predicted molar refractivity (Wildman–Crippen MR) is 199 cm³/mol. The van der Waals surface area contributed by atoms with Crippen LogP contribution in [-0.2, 0) is 0 Å². The Hall–Kier alpha value is -6.52. The summed E-state index contributed by atoms with van der Waals surface area (Å²) < 4.78 is 4.77. The van der Waals surface area contributed by atoms with E-state index in [-0.39, 0.29) is 0 Å². The van der Waals surface area contributed by atoms with Gasteiger partial charge in [0.05, 0.1) is 33.3 Å². The van der Waals surface area contributed by atoms with Crippen LogP contribution in [0.25, 0.3) is 88.4 Å². The number of rotatable bonds is 4. The van der Waals surface area contributed by atoms with E-state index in [0.717, 1.165) is 66.9 Å². The van der Waals surface area contributed by atoms with Gasteiger partial charge in [0.2, 0.25) is 0 Å². The summed E-state index contributed by atoms with van der Waals surface area (Å²) in [5.74, 6) is 0.877. The molecule has 6 aromatic carbocycles. The van der Waals surface area contributed by atoms with E-state index in [1.54, 1.807) is 0 Å². The number of benzene rings is 6. The molecular weight excluding hydrogens is 585 g/mol. The Labute approximate surface area is 276 Å². The maximum absolute atomic E-state index is 5.44. The van der Waals surface area contributed by atoms with Crippen LogP contribution in [0.15, 0.2) is 170 Å². The Kier molecular flexibility index (Phi) is 5.84. The third-order valence-corrected chi connectivity index (χ3v) is 9.52. The van der Waals surface area contributed by atoms with Gasteiger partial charge in [-0.3, -0.25) is 9.55 Å². The highest BCUT2D eigenvalue weighted by atomic mass is 15.1. The second-order valence-corrected chi connectivity index (χ2v) is 12.2. The SMILES string of the molecule is c1ccc(-c2cc(-c3ccccc3)nc(-n3c4ccccc4c4c5cccnc5c5c(c6ccccc6n5-c5ccccc5)c43)c2)cc1. The first-order valence-corrected chi connectivity index (χ1v) is 16.3. The minimum absolute atomic E-state index is 0.877. The maximum Gasteiger partial charge on any atom is 0.138 e. The largest absolute Gasteiger partial charge is 0.307 e. The van der Waals surface area contributed by atoms with E-state index in [1.807, 2.05) is 6.20 Å². The number of hydrogen-bond donors (Lipinski definition) is 0. The topological polar surface area (TPSA) is 35.6 Å². The van der Waals surface area contributed by atoms with Crippen molar-refractivity contribution in [2.24, 2.45) is 0 Å². The van der Waals surface area contributed by atoms with Gasteiger partial charge in [0.15, 0.2) is 0 Å². The van der Waals surface area contributed by atoms with Crippen molar-refractivity contribution in [3.8, 4) is 33.9 Å². The van der Waals surface area contributed by atoms with Gasteiger partial charge in [0, 0.05) is 44.4 Å². The lowest BCUT2D eigenvalue weighted by molar-refractivity contribution is 1.09. The maximum atomic E-state index is 5.44. The van der Waals surface area contributed by atoms with Gasteiger partial charge in [-0.1, -0.05) is 121 Å². The molecular formula is C44H28N4. The van der Waals surface area contributed by atoms with Crippen molar-refractivity contribution in [1.29, 1.82) is 0 Å². The summed E-state index contributed by atoms with van der Waals surface area (Å²) in [4.78, 5) is 10.5. The molecule has 4 aromatic heterocycles. The van der Waals surface area contributed by atoms with Crippen molar-refractivity contribution in [2.75, 3.05) is 0 Å². The molecule has 4 nitrogen and oxygen atoms in total. The Morgan fingerprint density at radius 2 is 1.00 bits per heavy atom. The minimum Gasteiger partial charge on any atom is -0.307 e. The molecule has 10 aromatic rings. The van der Waals surface area contributed by atoms with E-state index in [2.05, 4.69) is 173 Å². The molecule has 0 amide bonds. The zero-order valence-electron chi connectivity index (χ0n) is 26.0. The van der Waals surface area contributed by atoms with Crippen LogP contribution < -0.4 is 0 Å². The lowest BCUT2D eigenvalue weighted by atomic mass is 10.0. The lowest BCUT2D eigenvalue weighted by Gasteiger charge is -2.14. The van der Waals surface area contributed by atoms with E-state index in [4.69, 9.17) is 9.97 Å². The van der Waals surface area contributed by atoms with Gasteiger partial charge >= 0.3 is 0 Å². The van der Waals surface area contributed by atoms with Crippen LogP contribution in [0, 0.1) is 0 Å². The molecule has 224 valence electrons. The summed E-state index contributed by atoms with van der Waals surface area (Å²) in [6.07, 6.45) is 1.91. The van der Waals surface area contributed by atoms with Crippen LogP contribution in [0.4, 0.5) is 0 Å². The Morgan fingerprint density at radius 3 is 1.73 bits per heavy atom. The Morgan fingerprint density at radius 1 is 0.417 bits per heavy atom. The lowest BCUT2D eigenvalue weighted by Crippen LogP contribution is -2.01. The zero-order valence-corrected chi connectivity index (χ0v) is 26.0. The Balaban J connectivity index is 1.45. The molecule has 0 aliphatic rings. The van der Waals surface area contributed by atoms with Gasteiger partial charge in [-0.05, 0) is 53.6 Å². The molecule has 48 heavy (non-hydrogen) atoms. The van der Waals surface area contributed by atoms with Crippen LogP contribution in [-0.4, -0.2) is 19.1 Å². The van der Waals surface area contributed by atoms with E-state index in [0.29, 0.717) is 0 Å². The zero-order chi connectivity index (χ0) is 31.6. The summed E-state index contributed by atoms with van der Waals surface area (Å²) in [5, 5.41) is 5.83. The third-order valence-electron chi connectivity index (χ3n) is 9.52. The standard InChI is InChI=1S/C44H28N4/c1-4-15-29(16-5-1)31-27-36(30-17-6-2-7-18-30)46-39(28-31)48-38-25-13-10-21-33(38)40-35-23-14-26-45-42(35)44-41(43(40)48)34-22-11-12-24-37(34)47(44)32-19-8-3-9-20-32/h1-28H. The van der Waals surface area contributed by atoms with Crippen LogP contribution in [0.2, 0.25) is 0 Å². The van der Waals surface area contributed by atoms with Crippen LogP contribution in [0.5, 0.6) is 0 Å². The minimum atomic E-state index is 0.877. The first kappa shape index (κ1) is 26.7. The Bertz CT molecular complexity index is 2760. The fourth-order valence-corrected chi connectivity index (χ4v) is 7.52. The van der Waals surface area contributed by atoms with Gasteiger partial charge in [-0.25, -0.2) is 4.98 Å². The highest BCUT2D eigenvalue weighted by molar-refractivity contribution is 6.36. The van der Waals surface area contributed by atoms with Gasteiger partial charge < -0.3 is 4.57 Å². The number of hydrogen-bond acceptors (Lipinski definition) is 2. The molecule has 4 heteroatoms. The van der Waals surface area contributed by atoms with Crippen molar-refractivity contribution < 1.29 is 0 Å². The normalized spacial score (nSPS) is 11.8. The van der Waals surface area contributed by atoms with Crippen LogP contribution in [0.3, 0.4) is 0 Å². The fourth-order valence-electron chi connectivity index (χ4n) is 7.52. The summed E-state index contributed by atoms with van der Waals surface area (Å²) in [6, 6.07) is 57.9. The van der Waals surface area contributed by atoms with Gasteiger partial charge in [-0.2, -0.15) is 0 Å².